The normalized spacial score (nSPS) is 18.4. The van der Waals surface area contributed by atoms with Crippen molar-refractivity contribution < 1.29 is 4.39 Å². The summed E-state index contributed by atoms with van der Waals surface area (Å²) in [6, 6.07) is 14.1. The van der Waals surface area contributed by atoms with Gasteiger partial charge in [0.15, 0.2) is 0 Å². The summed E-state index contributed by atoms with van der Waals surface area (Å²) >= 11 is 0. The first kappa shape index (κ1) is 14.1. The number of halogens is 1. The molecule has 21 heavy (non-hydrogen) atoms. The Balaban J connectivity index is 1.82. The molecule has 0 aliphatic heterocycles. The summed E-state index contributed by atoms with van der Waals surface area (Å²) in [6.07, 6.45) is 5.94. The van der Waals surface area contributed by atoms with Crippen molar-refractivity contribution in [3.05, 3.63) is 71.1 Å². The monoisotopic (exact) mass is 280 g/mol. The number of hydrogen-bond acceptors (Lipinski definition) is 0. The van der Waals surface area contributed by atoms with Crippen LogP contribution < -0.4 is 0 Å². The molecule has 0 heterocycles. The molecule has 0 bridgehead atoms. The molecule has 2 aromatic rings. The molecule has 1 aliphatic rings. The molecule has 0 amide bonds. The lowest BCUT2D eigenvalue weighted by atomic mass is 9.84. The summed E-state index contributed by atoms with van der Waals surface area (Å²) in [5.41, 5.74) is 5.64. The van der Waals surface area contributed by atoms with Crippen molar-refractivity contribution in [1.29, 1.82) is 0 Å². The zero-order valence-electron chi connectivity index (χ0n) is 12.7. The van der Waals surface area contributed by atoms with Gasteiger partial charge in [0.05, 0.1) is 0 Å². The fourth-order valence-electron chi connectivity index (χ4n) is 2.99. The number of benzene rings is 2. The first-order chi connectivity index (χ1) is 10.1. The van der Waals surface area contributed by atoms with E-state index in [9.17, 15) is 4.39 Å². The highest BCUT2D eigenvalue weighted by Gasteiger charge is 2.14. The molecule has 0 fully saturated rings. The van der Waals surface area contributed by atoms with E-state index < -0.39 is 0 Å². The molecule has 1 unspecified atom stereocenters. The molecule has 2 aromatic carbocycles. The minimum absolute atomic E-state index is 0.135. The molecule has 0 saturated carbocycles. The predicted molar refractivity (Wildman–Crippen MR) is 86.9 cm³/mol. The molecule has 0 radical (unpaired) electrons. The van der Waals surface area contributed by atoms with E-state index in [-0.39, 0.29) is 5.82 Å². The van der Waals surface area contributed by atoms with Crippen molar-refractivity contribution in [1.82, 2.24) is 0 Å². The van der Waals surface area contributed by atoms with Crippen LogP contribution in [0.25, 0.3) is 11.1 Å². The Labute approximate surface area is 126 Å². The maximum absolute atomic E-state index is 13.7. The fourth-order valence-corrected chi connectivity index (χ4v) is 2.99. The third-order valence-corrected chi connectivity index (χ3v) is 4.53. The zero-order valence-corrected chi connectivity index (χ0v) is 12.7. The molecular formula is C20H21F. The second kappa shape index (κ2) is 5.85. The number of hydrogen-bond donors (Lipinski definition) is 0. The van der Waals surface area contributed by atoms with Crippen LogP contribution in [0.5, 0.6) is 0 Å². The lowest BCUT2D eigenvalue weighted by molar-refractivity contribution is 0.599. The highest BCUT2D eigenvalue weighted by molar-refractivity contribution is 5.64. The fraction of sp³-hybridized carbons (Fsp3) is 0.300. The van der Waals surface area contributed by atoms with E-state index in [1.54, 1.807) is 13.0 Å². The third kappa shape index (κ3) is 3.07. The van der Waals surface area contributed by atoms with E-state index >= 15 is 0 Å². The van der Waals surface area contributed by atoms with Crippen LogP contribution in [0.4, 0.5) is 4.39 Å². The average Bonchev–Trinajstić information content (AvgIpc) is 2.51. The molecule has 0 saturated heterocycles. The van der Waals surface area contributed by atoms with Crippen LogP contribution in [-0.2, 0) is 0 Å². The van der Waals surface area contributed by atoms with E-state index in [1.165, 1.54) is 24.0 Å². The van der Waals surface area contributed by atoms with Gasteiger partial charge in [0.25, 0.3) is 0 Å². The minimum Gasteiger partial charge on any atom is -0.207 e. The Morgan fingerprint density at radius 1 is 0.952 bits per heavy atom. The van der Waals surface area contributed by atoms with Crippen molar-refractivity contribution in [2.75, 3.05) is 0 Å². The summed E-state index contributed by atoms with van der Waals surface area (Å²) in [6.45, 7) is 4.01. The highest BCUT2D eigenvalue weighted by atomic mass is 19.1. The molecule has 0 N–H and O–H groups in total. The quantitative estimate of drug-likeness (QED) is 0.590. The van der Waals surface area contributed by atoms with Crippen LogP contribution in [0.3, 0.4) is 0 Å². The zero-order chi connectivity index (χ0) is 14.8. The van der Waals surface area contributed by atoms with Gasteiger partial charge in [0, 0.05) is 0 Å². The minimum atomic E-state index is -0.135. The Hall–Kier alpha value is -1.89. The average molecular weight is 280 g/mol. The van der Waals surface area contributed by atoms with E-state index in [2.05, 4.69) is 37.3 Å². The standard InChI is InChI=1S/C20H21F/c1-14-3-6-16(7-4-14)17-9-11-18(12-10-17)19-8-5-15(2)20(21)13-19/h3,5,8-13,16H,4,6-7H2,1-2H3. The Morgan fingerprint density at radius 2 is 1.67 bits per heavy atom. The number of rotatable bonds is 2. The Morgan fingerprint density at radius 3 is 2.29 bits per heavy atom. The summed E-state index contributed by atoms with van der Waals surface area (Å²) in [5, 5.41) is 0. The summed E-state index contributed by atoms with van der Waals surface area (Å²) in [7, 11) is 0. The molecule has 1 aliphatic carbocycles. The van der Waals surface area contributed by atoms with Crippen molar-refractivity contribution >= 4 is 0 Å². The van der Waals surface area contributed by atoms with E-state index in [4.69, 9.17) is 0 Å². The summed E-state index contributed by atoms with van der Waals surface area (Å²) < 4.78 is 13.7. The van der Waals surface area contributed by atoms with Gasteiger partial charge >= 0.3 is 0 Å². The first-order valence-electron chi connectivity index (χ1n) is 7.65. The SMILES string of the molecule is CC1=CCC(c2ccc(-c3ccc(C)c(F)c3)cc2)CC1. The van der Waals surface area contributed by atoms with Crippen molar-refractivity contribution in [3.8, 4) is 11.1 Å². The smallest absolute Gasteiger partial charge is 0.126 e. The maximum Gasteiger partial charge on any atom is 0.126 e. The van der Waals surface area contributed by atoms with Gasteiger partial charge in [-0.15, -0.1) is 0 Å². The molecule has 0 aromatic heterocycles. The van der Waals surface area contributed by atoms with Crippen LogP contribution in [-0.4, -0.2) is 0 Å². The van der Waals surface area contributed by atoms with E-state index in [0.717, 1.165) is 17.5 Å². The first-order valence-corrected chi connectivity index (χ1v) is 7.65. The molecule has 108 valence electrons. The van der Waals surface area contributed by atoms with Gasteiger partial charge in [-0.05, 0) is 67.3 Å². The van der Waals surface area contributed by atoms with Crippen molar-refractivity contribution in [2.45, 2.75) is 39.0 Å². The lowest BCUT2D eigenvalue weighted by Gasteiger charge is -2.21. The van der Waals surface area contributed by atoms with Crippen LogP contribution >= 0.6 is 0 Å². The van der Waals surface area contributed by atoms with Gasteiger partial charge in [0.1, 0.15) is 5.82 Å². The van der Waals surface area contributed by atoms with Gasteiger partial charge in [-0.25, -0.2) is 4.39 Å². The second-order valence-corrected chi connectivity index (χ2v) is 6.11. The van der Waals surface area contributed by atoms with Gasteiger partial charge in [0.2, 0.25) is 0 Å². The molecular weight excluding hydrogens is 259 g/mol. The number of aryl methyl sites for hydroxylation is 1. The van der Waals surface area contributed by atoms with E-state index in [1.807, 2.05) is 12.1 Å². The van der Waals surface area contributed by atoms with E-state index in [0.29, 0.717) is 11.5 Å². The molecule has 1 atom stereocenters. The van der Waals surface area contributed by atoms with Crippen LogP contribution in [0.1, 0.15) is 43.2 Å². The topological polar surface area (TPSA) is 0 Å². The predicted octanol–water partition coefficient (Wildman–Crippen LogP) is 6.01. The van der Waals surface area contributed by atoms with Gasteiger partial charge < -0.3 is 0 Å². The summed E-state index contributed by atoms with van der Waals surface area (Å²) in [4.78, 5) is 0. The maximum atomic E-state index is 13.7. The molecule has 0 nitrogen and oxygen atoms in total. The van der Waals surface area contributed by atoms with Crippen LogP contribution in [0, 0.1) is 12.7 Å². The van der Waals surface area contributed by atoms with Crippen LogP contribution in [0.2, 0.25) is 0 Å². The van der Waals surface area contributed by atoms with Gasteiger partial charge in [-0.1, -0.05) is 48.0 Å². The summed E-state index contributed by atoms with van der Waals surface area (Å²) in [5.74, 6) is 0.502. The van der Waals surface area contributed by atoms with Crippen molar-refractivity contribution in [2.24, 2.45) is 0 Å². The van der Waals surface area contributed by atoms with Crippen molar-refractivity contribution in [3.63, 3.8) is 0 Å². The lowest BCUT2D eigenvalue weighted by Crippen LogP contribution is -2.03. The molecule has 3 rings (SSSR count). The Bertz CT molecular complexity index is 665. The largest absolute Gasteiger partial charge is 0.207 e. The van der Waals surface area contributed by atoms with Gasteiger partial charge in [-0.3, -0.25) is 0 Å². The molecule has 0 spiro atoms. The second-order valence-electron chi connectivity index (χ2n) is 6.11. The van der Waals surface area contributed by atoms with Crippen LogP contribution in [0.15, 0.2) is 54.1 Å². The Kier molecular flexibility index (Phi) is 3.92. The third-order valence-electron chi connectivity index (χ3n) is 4.53. The van der Waals surface area contributed by atoms with Gasteiger partial charge in [-0.2, -0.15) is 0 Å². The highest BCUT2D eigenvalue weighted by Crippen LogP contribution is 2.33. The number of allylic oxidation sites excluding steroid dienone is 2. The molecule has 1 heteroatoms.